The average molecular weight is 525 g/mol. The number of carbonyl (C=O) groups excluding carboxylic acids is 2. The van der Waals surface area contributed by atoms with Crippen LogP contribution >= 0.6 is 23.2 Å². The van der Waals surface area contributed by atoms with E-state index in [0.29, 0.717) is 52.3 Å². The van der Waals surface area contributed by atoms with Crippen molar-refractivity contribution in [2.24, 2.45) is 0 Å². The summed E-state index contributed by atoms with van der Waals surface area (Å²) in [7, 11) is 0. The number of aryl methyl sites for hydroxylation is 1. The highest BCUT2D eigenvalue weighted by Gasteiger charge is 2.25. The van der Waals surface area contributed by atoms with Gasteiger partial charge in [0.05, 0.1) is 12.3 Å². The standard InChI is InChI=1S/C28H26Cl2N2O4/c1-2-19-4-10-23(11-5-19)35-15-3-14-32-25-17-22(9-12-26(25)36-18-28(32)34)31-27(33)13-7-20-6-8-21(29)16-24(20)30/h4-13,16-17H,2-3,14-15,18H2,1H3,(H,31,33)/b13-7+. The Morgan fingerprint density at radius 2 is 1.92 bits per heavy atom. The first-order chi connectivity index (χ1) is 17.4. The second-order valence-electron chi connectivity index (χ2n) is 8.20. The molecule has 1 aliphatic heterocycles. The molecule has 3 aromatic carbocycles. The van der Waals surface area contributed by atoms with Crippen LogP contribution in [0, 0.1) is 0 Å². The maximum atomic E-state index is 12.6. The summed E-state index contributed by atoms with van der Waals surface area (Å²) in [6.07, 6.45) is 4.62. The summed E-state index contributed by atoms with van der Waals surface area (Å²) in [5.41, 5.74) is 3.09. The van der Waals surface area contributed by atoms with Crippen molar-refractivity contribution in [2.75, 3.05) is 30.0 Å². The Bertz CT molecular complexity index is 1280. The maximum Gasteiger partial charge on any atom is 0.265 e. The highest BCUT2D eigenvalue weighted by Crippen LogP contribution is 2.34. The molecular formula is C28H26Cl2N2O4. The van der Waals surface area contributed by atoms with Crippen LogP contribution in [-0.2, 0) is 16.0 Å². The number of ether oxygens (including phenoxy) is 2. The molecule has 1 aliphatic rings. The predicted molar refractivity (Wildman–Crippen MR) is 144 cm³/mol. The second kappa shape index (κ2) is 12.0. The predicted octanol–water partition coefficient (Wildman–Crippen LogP) is 6.40. The van der Waals surface area contributed by atoms with E-state index >= 15 is 0 Å². The smallest absolute Gasteiger partial charge is 0.265 e. The summed E-state index contributed by atoms with van der Waals surface area (Å²) in [5, 5.41) is 3.79. The van der Waals surface area contributed by atoms with Crippen LogP contribution in [0.4, 0.5) is 11.4 Å². The molecule has 0 unspecified atom stereocenters. The Hall–Kier alpha value is -3.48. The van der Waals surface area contributed by atoms with E-state index in [9.17, 15) is 9.59 Å². The van der Waals surface area contributed by atoms with Gasteiger partial charge in [-0.1, -0.05) is 48.3 Å². The van der Waals surface area contributed by atoms with Crippen molar-refractivity contribution in [3.05, 3.63) is 87.9 Å². The van der Waals surface area contributed by atoms with Crippen LogP contribution in [0.2, 0.25) is 10.0 Å². The van der Waals surface area contributed by atoms with Crippen LogP contribution in [-0.4, -0.2) is 31.6 Å². The third kappa shape index (κ3) is 6.59. The lowest BCUT2D eigenvalue weighted by Crippen LogP contribution is -2.39. The topological polar surface area (TPSA) is 67.9 Å². The summed E-state index contributed by atoms with van der Waals surface area (Å²) in [5.74, 6) is 0.916. The van der Waals surface area contributed by atoms with Gasteiger partial charge < -0.3 is 19.7 Å². The minimum atomic E-state index is -0.335. The van der Waals surface area contributed by atoms with Gasteiger partial charge >= 0.3 is 0 Å². The molecule has 2 amide bonds. The highest BCUT2D eigenvalue weighted by molar-refractivity contribution is 6.35. The number of halogens is 2. The van der Waals surface area contributed by atoms with Crippen LogP contribution in [0.3, 0.4) is 0 Å². The average Bonchev–Trinajstić information content (AvgIpc) is 2.87. The Morgan fingerprint density at radius 3 is 2.67 bits per heavy atom. The number of carbonyl (C=O) groups is 2. The van der Waals surface area contributed by atoms with Crippen LogP contribution in [0.25, 0.3) is 6.08 Å². The van der Waals surface area contributed by atoms with Crippen molar-refractivity contribution >= 4 is 52.5 Å². The Balaban J connectivity index is 1.37. The number of nitrogens with zero attached hydrogens (tertiary/aromatic N) is 1. The van der Waals surface area contributed by atoms with Crippen LogP contribution in [0.1, 0.15) is 24.5 Å². The van der Waals surface area contributed by atoms with Gasteiger partial charge in [0, 0.05) is 28.4 Å². The Morgan fingerprint density at radius 1 is 1.11 bits per heavy atom. The van der Waals surface area contributed by atoms with Crippen molar-refractivity contribution in [1.29, 1.82) is 0 Å². The van der Waals surface area contributed by atoms with Gasteiger partial charge in [0.2, 0.25) is 5.91 Å². The van der Waals surface area contributed by atoms with E-state index in [0.717, 1.165) is 12.2 Å². The number of hydrogen-bond donors (Lipinski definition) is 1. The Labute approximate surface area is 220 Å². The zero-order valence-electron chi connectivity index (χ0n) is 19.8. The van der Waals surface area contributed by atoms with Gasteiger partial charge in [-0.05, 0) is 72.5 Å². The molecule has 0 bridgehead atoms. The number of amides is 2. The van der Waals surface area contributed by atoms with Crippen LogP contribution in [0.5, 0.6) is 11.5 Å². The van der Waals surface area contributed by atoms with Crippen molar-refractivity contribution in [2.45, 2.75) is 19.8 Å². The van der Waals surface area contributed by atoms with Gasteiger partial charge in [0.1, 0.15) is 11.5 Å². The second-order valence-corrected chi connectivity index (χ2v) is 9.05. The van der Waals surface area contributed by atoms with Crippen molar-refractivity contribution in [3.63, 3.8) is 0 Å². The van der Waals surface area contributed by atoms with Crippen LogP contribution in [0.15, 0.2) is 66.7 Å². The zero-order valence-corrected chi connectivity index (χ0v) is 21.3. The first-order valence-corrected chi connectivity index (χ1v) is 12.4. The molecule has 3 aromatic rings. The fourth-order valence-electron chi connectivity index (χ4n) is 3.75. The van der Waals surface area contributed by atoms with Crippen molar-refractivity contribution < 1.29 is 19.1 Å². The third-order valence-electron chi connectivity index (χ3n) is 5.67. The fourth-order valence-corrected chi connectivity index (χ4v) is 4.22. The molecule has 0 radical (unpaired) electrons. The van der Waals surface area contributed by atoms with E-state index in [1.54, 1.807) is 47.4 Å². The van der Waals surface area contributed by atoms with Gasteiger partial charge in [0.15, 0.2) is 6.61 Å². The van der Waals surface area contributed by atoms with Gasteiger partial charge in [-0.3, -0.25) is 9.59 Å². The normalized spacial score (nSPS) is 12.9. The van der Waals surface area contributed by atoms with E-state index in [4.69, 9.17) is 32.7 Å². The molecule has 0 atom stereocenters. The molecule has 1 N–H and O–H groups in total. The number of benzene rings is 3. The molecule has 6 nitrogen and oxygen atoms in total. The van der Waals surface area contributed by atoms with Gasteiger partial charge in [-0.15, -0.1) is 0 Å². The van der Waals surface area contributed by atoms with Gasteiger partial charge in [0.25, 0.3) is 5.91 Å². The fraction of sp³-hybridized carbons (Fsp3) is 0.214. The summed E-state index contributed by atoms with van der Waals surface area (Å²) in [4.78, 5) is 26.7. The van der Waals surface area contributed by atoms with E-state index in [2.05, 4.69) is 12.2 Å². The molecular weight excluding hydrogens is 499 g/mol. The minimum Gasteiger partial charge on any atom is -0.494 e. The molecule has 186 valence electrons. The highest BCUT2D eigenvalue weighted by atomic mass is 35.5. The summed E-state index contributed by atoms with van der Waals surface area (Å²) in [6, 6.07) is 18.3. The summed E-state index contributed by atoms with van der Waals surface area (Å²) in [6.45, 7) is 3.02. The number of nitrogens with one attached hydrogen (secondary N) is 1. The number of rotatable bonds is 9. The molecule has 4 rings (SSSR count). The minimum absolute atomic E-state index is 0.0252. The van der Waals surface area contributed by atoms with Gasteiger partial charge in [-0.25, -0.2) is 0 Å². The molecule has 0 spiro atoms. The molecule has 0 saturated heterocycles. The number of hydrogen-bond acceptors (Lipinski definition) is 4. The molecule has 0 saturated carbocycles. The van der Waals surface area contributed by atoms with E-state index in [1.165, 1.54) is 11.6 Å². The number of anilines is 2. The largest absolute Gasteiger partial charge is 0.494 e. The Kier molecular flexibility index (Phi) is 8.52. The van der Waals surface area contributed by atoms with E-state index in [1.807, 2.05) is 24.3 Å². The summed E-state index contributed by atoms with van der Waals surface area (Å²) >= 11 is 12.1. The molecule has 8 heteroatoms. The molecule has 1 heterocycles. The molecule has 0 aliphatic carbocycles. The summed E-state index contributed by atoms with van der Waals surface area (Å²) < 4.78 is 11.4. The first kappa shape index (κ1) is 25.6. The molecule has 0 aromatic heterocycles. The maximum absolute atomic E-state index is 12.6. The van der Waals surface area contributed by atoms with Crippen molar-refractivity contribution in [3.8, 4) is 11.5 Å². The monoisotopic (exact) mass is 524 g/mol. The van der Waals surface area contributed by atoms with Crippen molar-refractivity contribution in [1.82, 2.24) is 0 Å². The number of fused-ring (bicyclic) bond motifs is 1. The lowest BCUT2D eigenvalue weighted by molar-refractivity contribution is -0.121. The van der Waals surface area contributed by atoms with Crippen LogP contribution < -0.4 is 19.7 Å². The van der Waals surface area contributed by atoms with E-state index in [-0.39, 0.29) is 18.4 Å². The molecule has 0 fully saturated rings. The molecule has 36 heavy (non-hydrogen) atoms. The van der Waals surface area contributed by atoms with E-state index < -0.39 is 0 Å². The first-order valence-electron chi connectivity index (χ1n) is 11.7. The zero-order chi connectivity index (χ0) is 25.5. The quantitative estimate of drug-likeness (QED) is 0.259. The SMILES string of the molecule is CCc1ccc(OCCCN2C(=O)COc3ccc(NC(=O)/C=C/c4ccc(Cl)cc4Cl)cc32)cc1. The lowest BCUT2D eigenvalue weighted by atomic mass is 10.2. The lowest BCUT2D eigenvalue weighted by Gasteiger charge is -2.29. The van der Waals surface area contributed by atoms with Gasteiger partial charge in [-0.2, -0.15) is 0 Å². The third-order valence-corrected chi connectivity index (χ3v) is 6.24.